The Hall–Kier alpha value is -2.05. The zero-order chi connectivity index (χ0) is 15.9. The van der Waals surface area contributed by atoms with E-state index in [2.05, 4.69) is 4.98 Å². The van der Waals surface area contributed by atoms with E-state index in [1.54, 1.807) is 24.3 Å². The van der Waals surface area contributed by atoms with Crippen molar-refractivity contribution in [2.24, 2.45) is 5.73 Å². The first-order valence-corrected chi connectivity index (χ1v) is 6.73. The summed E-state index contributed by atoms with van der Waals surface area (Å²) in [6.45, 7) is 0.401. The van der Waals surface area contributed by atoms with Crippen molar-refractivity contribution in [2.45, 2.75) is 12.7 Å². The maximum absolute atomic E-state index is 12.8. The molecule has 1 heterocycles. The lowest BCUT2D eigenvalue weighted by Crippen LogP contribution is -2.05. The number of halogens is 4. The number of nitrogens with zero attached hydrogens (tertiary/aromatic N) is 1. The fourth-order valence-electron chi connectivity index (χ4n) is 2.07. The van der Waals surface area contributed by atoms with Crippen molar-refractivity contribution in [1.82, 2.24) is 4.98 Å². The van der Waals surface area contributed by atoms with Crippen LogP contribution in [0.4, 0.5) is 13.2 Å². The maximum atomic E-state index is 12.8. The average molecular weight is 327 g/mol. The fourth-order valence-corrected chi connectivity index (χ4v) is 2.34. The lowest BCUT2D eigenvalue weighted by Gasteiger charge is -2.07. The average Bonchev–Trinajstić information content (AvgIpc) is 2.88. The van der Waals surface area contributed by atoms with E-state index >= 15 is 0 Å². The lowest BCUT2D eigenvalue weighted by molar-refractivity contribution is -0.137. The van der Waals surface area contributed by atoms with Gasteiger partial charge < -0.3 is 10.2 Å². The summed E-state index contributed by atoms with van der Waals surface area (Å²) in [5.41, 5.74) is 6.47. The van der Waals surface area contributed by atoms with Crippen LogP contribution in [0.2, 0.25) is 5.02 Å². The second kappa shape index (κ2) is 5.30. The summed E-state index contributed by atoms with van der Waals surface area (Å²) in [7, 11) is 0. The predicted molar refractivity (Wildman–Crippen MR) is 77.3 cm³/mol. The van der Waals surface area contributed by atoms with Crippen molar-refractivity contribution in [1.29, 1.82) is 0 Å². The van der Waals surface area contributed by atoms with Crippen LogP contribution in [-0.2, 0) is 12.7 Å². The molecule has 7 heteroatoms. The topological polar surface area (TPSA) is 52.0 Å². The van der Waals surface area contributed by atoms with E-state index in [0.29, 0.717) is 12.1 Å². The molecule has 3 aromatic rings. The van der Waals surface area contributed by atoms with Crippen molar-refractivity contribution >= 4 is 22.7 Å². The van der Waals surface area contributed by atoms with Gasteiger partial charge in [-0.15, -0.1) is 0 Å². The van der Waals surface area contributed by atoms with E-state index in [-0.39, 0.29) is 17.0 Å². The SMILES string of the molecule is NCc1ccc(-c2nc3cc(Cl)c(C(F)(F)F)cc3o2)cc1. The summed E-state index contributed by atoms with van der Waals surface area (Å²) < 4.78 is 43.9. The number of fused-ring (bicyclic) bond motifs is 1. The molecule has 2 aromatic carbocycles. The van der Waals surface area contributed by atoms with Crippen LogP contribution >= 0.6 is 11.6 Å². The van der Waals surface area contributed by atoms with Crippen molar-refractivity contribution in [3.8, 4) is 11.5 Å². The van der Waals surface area contributed by atoms with Gasteiger partial charge in [-0.1, -0.05) is 23.7 Å². The summed E-state index contributed by atoms with van der Waals surface area (Å²) in [6, 6.07) is 9.12. The number of nitrogens with two attached hydrogens (primary N) is 1. The molecule has 0 bridgehead atoms. The van der Waals surface area contributed by atoms with E-state index in [1.807, 2.05) is 0 Å². The summed E-state index contributed by atoms with van der Waals surface area (Å²) in [4.78, 5) is 4.17. The molecule has 0 spiro atoms. The van der Waals surface area contributed by atoms with Crippen LogP contribution in [0.3, 0.4) is 0 Å². The number of rotatable bonds is 2. The number of alkyl halides is 3. The minimum atomic E-state index is -4.54. The Morgan fingerprint density at radius 3 is 2.41 bits per heavy atom. The second-order valence-electron chi connectivity index (χ2n) is 4.72. The second-order valence-corrected chi connectivity index (χ2v) is 5.12. The molecular formula is C15H10ClF3N2O. The summed E-state index contributed by atoms with van der Waals surface area (Å²) in [6.07, 6.45) is -4.54. The van der Waals surface area contributed by atoms with Crippen LogP contribution in [-0.4, -0.2) is 4.98 Å². The molecule has 0 atom stereocenters. The molecular weight excluding hydrogens is 317 g/mol. The van der Waals surface area contributed by atoms with Crippen LogP contribution in [0, 0.1) is 0 Å². The van der Waals surface area contributed by atoms with Gasteiger partial charge in [0.05, 0.1) is 10.6 Å². The molecule has 0 unspecified atom stereocenters. The highest BCUT2D eigenvalue weighted by Gasteiger charge is 2.34. The van der Waals surface area contributed by atoms with Crippen molar-refractivity contribution in [3.63, 3.8) is 0 Å². The van der Waals surface area contributed by atoms with Gasteiger partial charge in [0, 0.05) is 12.1 Å². The molecule has 0 aliphatic rings. The molecule has 0 radical (unpaired) electrons. The molecule has 0 aliphatic heterocycles. The third-order valence-electron chi connectivity index (χ3n) is 3.22. The fraction of sp³-hybridized carbons (Fsp3) is 0.133. The maximum Gasteiger partial charge on any atom is 0.417 e. The highest BCUT2D eigenvalue weighted by atomic mass is 35.5. The number of oxazole rings is 1. The molecule has 22 heavy (non-hydrogen) atoms. The molecule has 0 saturated carbocycles. The van der Waals surface area contributed by atoms with E-state index in [9.17, 15) is 13.2 Å². The largest absolute Gasteiger partial charge is 0.436 e. The molecule has 0 amide bonds. The highest BCUT2D eigenvalue weighted by Crippen LogP contribution is 2.38. The highest BCUT2D eigenvalue weighted by molar-refractivity contribution is 6.32. The zero-order valence-electron chi connectivity index (χ0n) is 11.1. The molecule has 0 saturated heterocycles. The molecule has 2 N–H and O–H groups in total. The summed E-state index contributed by atoms with van der Waals surface area (Å²) in [5.74, 6) is 0.231. The molecule has 1 aromatic heterocycles. The van der Waals surface area contributed by atoms with Crippen LogP contribution in [0.5, 0.6) is 0 Å². The Labute approximate surface area is 128 Å². The molecule has 3 nitrogen and oxygen atoms in total. The van der Waals surface area contributed by atoms with Crippen molar-refractivity contribution in [2.75, 3.05) is 0 Å². The van der Waals surface area contributed by atoms with Gasteiger partial charge in [0.25, 0.3) is 0 Å². The molecule has 0 fully saturated rings. The Bertz CT molecular complexity index is 825. The van der Waals surface area contributed by atoms with Crippen LogP contribution < -0.4 is 5.73 Å². The van der Waals surface area contributed by atoms with Gasteiger partial charge in [-0.3, -0.25) is 0 Å². The Morgan fingerprint density at radius 1 is 1.14 bits per heavy atom. The number of hydrogen-bond donors (Lipinski definition) is 1. The van der Waals surface area contributed by atoms with Crippen molar-refractivity contribution in [3.05, 3.63) is 52.5 Å². The standard InChI is InChI=1S/C15H10ClF3N2O/c16-11-6-12-13(5-10(11)15(17,18)19)22-14(21-12)9-3-1-8(7-20)2-4-9/h1-6H,7,20H2. The minimum absolute atomic E-state index is 0.0367. The number of aromatic nitrogens is 1. The van der Waals surface area contributed by atoms with Gasteiger partial charge in [-0.2, -0.15) is 13.2 Å². The Morgan fingerprint density at radius 2 is 1.82 bits per heavy atom. The van der Waals surface area contributed by atoms with E-state index < -0.39 is 16.8 Å². The summed E-state index contributed by atoms with van der Waals surface area (Å²) in [5, 5.41) is -0.404. The van der Waals surface area contributed by atoms with Crippen LogP contribution in [0.1, 0.15) is 11.1 Å². The first kappa shape index (κ1) is 14.9. The third kappa shape index (κ3) is 2.67. The first-order valence-electron chi connectivity index (χ1n) is 6.35. The van der Waals surface area contributed by atoms with Gasteiger partial charge in [-0.05, 0) is 29.8 Å². The minimum Gasteiger partial charge on any atom is -0.436 e. The normalized spacial score (nSPS) is 12.0. The number of benzene rings is 2. The lowest BCUT2D eigenvalue weighted by atomic mass is 10.1. The van der Waals surface area contributed by atoms with Gasteiger partial charge in [-0.25, -0.2) is 4.98 Å². The van der Waals surface area contributed by atoms with Crippen molar-refractivity contribution < 1.29 is 17.6 Å². The Balaban J connectivity index is 2.09. The number of hydrogen-bond acceptors (Lipinski definition) is 3. The monoisotopic (exact) mass is 326 g/mol. The smallest absolute Gasteiger partial charge is 0.417 e. The zero-order valence-corrected chi connectivity index (χ0v) is 11.9. The van der Waals surface area contributed by atoms with Gasteiger partial charge in [0.1, 0.15) is 5.52 Å². The summed E-state index contributed by atoms with van der Waals surface area (Å²) >= 11 is 5.67. The molecule has 0 aliphatic carbocycles. The quantitative estimate of drug-likeness (QED) is 0.747. The van der Waals surface area contributed by atoms with Gasteiger partial charge >= 0.3 is 6.18 Å². The van der Waals surface area contributed by atoms with E-state index in [4.69, 9.17) is 21.8 Å². The third-order valence-corrected chi connectivity index (χ3v) is 3.53. The van der Waals surface area contributed by atoms with Crippen LogP contribution in [0.15, 0.2) is 40.8 Å². The van der Waals surface area contributed by atoms with E-state index in [0.717, 1.165) is 17.7 Å². The van der Waals surface area contributed by atoms with Gasteiger partial charge in [0.2, 0.25) is 5.89 Å². The Kier molecular flexibility index (Phi) is 3.58. The van der Waals surface area contributed by atoms with E-state index in [1.165, 1.54) is 0 Å². The molecule has 3 rings (SSSR count). The molecule has 114 valence electrons. The van der Waals surface area contributed by atoms with Crippen LogP contribution in [0.25, 0.3) is 22.6 Å². The van der Waals surface area contributed by atoms with Gasteiger partial charge in [0.15, 0.2) is 5.58 Å². The predicted octanol–water partition coefficient (Wildman–Crippen LogP) is 4.63. The first-order chi connectivity index (χ1) is 10.4.